The van der Waals surface area contributed by atoms with Crippen molar-refractivity contribution >= 4 is 17.5 Å². The fourth-order valence-electron chi connectivity index (χ4n) is 3.21. The topological polar surface area (TPSA) is 41.6 Å². The average Bonchev–Trinajstić information content (AvgIpc) is 3.04. The van der Waals surface area contributed by atoms with Crippen LogP contribution in [-0.2, 0) is 11.3 Å². The van der Waals surface area contributed by atoms with E-state index in [1.807, 2.05) is 41.3 Å². The lowest BCUT2D eigenvalue weighted by Gasteiger charge is -2.25. The van der Waals surface area contributed by atoms with Gasteiger partial charge < -0.3 is 15.0 Å². The van der Waals surface area contributed by atoms with Crippen molar-refractivity contribution < 1.29 is 9.53 Å². The Bertz CT molecular complexity index is 721. The van der Waals surface area contributed by atoms with E-state index in [0.717, 1.165) is 24.3 Å². The standard InChI is InChI=1S/C20H23ClN2O2/c1-25-19-10-9-17(21)12-16(19)13-22-18(15-6-3-2-4-7-15)14-23-11-5-8-20(23)24/h2-4,6-7,9-10,12,18,22H,5,8,11,13-14H2,1H3/t18-/m1/s1. The molecule has 1 aliphatic rings. The minimum absolute atomic E-state index is 0.0620. The first-order chi connectivity index (χ1) is 12.2. The lowest BCUT2D eigenvalue weighted by atomic mass is 10.1. The van der Waals surface area contributed by atoms with E-state index in [0.29, 0.717) is 24.5 Å². The first kappa shape index (κ1) is 17.8. The van der Waals surface area contributed by atoms with Gasteiger partial charge in [0.2, 0.25) is 5.91 Å². The van der Waals surface area contributed by atoms with Crippen LogP contribution in [0.15, 0.2) is 48.5 Å². The van der Waals surface area contributed by atoms with Gasteiger partial charge in [-0.2, -0.15) is 0 Å². The number of rotatable bonds is 7. The quantitative estimate of drug-likeness (QED) is 0.818. The van der Waals surface area contributed by atoms with Gasteiger partial charge in [0.05, 0.1) is 13.2 Å². The molecule has 0 bridgehead atoms. The smallest absolute Gasteiger partial charge is 0.222 e. The maximum absolute atomic E-state index is 12.0. The largest absolute Gasteiger partial charge is 0.496 e. The Morgan fingerprint density at radius 2 is 2.04 bits per heavy atom. The number of ether oxygens (including phenoxy) is 1. The third-order valence-electron chi connectivity index (χ3n) is 4.56. The Hall–Kier alpha value is -2.04. The SMILES string of the molecule is COc1ccc(Cl)cc1CN[C@H](CN1CCCC1=O)c1ccccc1. The summed E-state index contributed by atoms with van der Waals surface area (Å²) in [6.07, 6.45) is 1.60. The number of carbonyl (C=O) groups is 1. The summed E-state index contributed by atoms with van der Waals surface area (Å²) in [6, 6.07) is 15.9. The molecule has 2 aromatic carbocycles. The first-order valence-corrected chi connectivity index (χ1v) is 8.93. The van der Waals surface area contributed by atoms with E-state index in [9.17, 15) is 4.79 Å². The van der Waals surface area contributed by atoms with E-state index in [2.05, 4.69) is 17.4 Å². The van der Waals surface area contributed by atoms with E-state index in [4.69, 9.17) is 16.3 Å². The van der Waals surface area contributed by atoms with Gasteiger partial charge in [-0.3, -0.25) is 4.79 Å². The second kappa shape index (κ2) is 8.37. The van der Waals surface area contributed by atoms with Gasteiger partial charge >= 0.3 is 0 Å². The minimum Gasteiger partial charge on any atom is -0.496 e. The van der Waals surface area contributed by atoms with Crippen molar-refractivity contribution in [3.63, 3.8) is 0 Å². The minimum atomic E-state index is 0.0620. The zero-order chi connectivity index (χ0) is 17.6. The maximum Gasteiger partial charge on any atom is 0.222 e. The first-order valence-electron chi connectivity index (χ1n) is 8.56. The molecular formula is C20H23ClN2O2. The Balaban J connectivity index is 1.76. The number of amides is 1. The molecule has 1 N–H and O–H groups in total. The Kier molecular flexibility index (Phi) is 5.95. The van der Waals surface area contributed by atoms with E-state index in [1.165, 1.54) is 5.56 Å². The summed E-state index contributed by atoms with van der Waals surface area (Å²) in [5.74, 6) is 1.05. The van der Waals surface area contributed by atoms with Gasteiger partial charge in [0.25, 0.3) is 0 Å². The molecule has 0 aromatic heterocycles. The lowest BCUT2D eigenvalue weighted by molar-refractivity contribution is -0.128. The normalized spacial score (nSPS) is 15.4. The lowest BCUT2D eigenvalue weighted by Crippen LogP contribution is -2.35. The van der Waals surface area contributed by atoms with Crippen LogP contribution >= 0.6 is 11.6 Å². The summed E-state index contributed by atoms with van der Waals surface area (Å²) in [5.41, 5.74) is 2.17. The van der Waals surface area contributed by atoms with Gasteiger partial charge in [0.1, 0.15) is 5.75 Å². The summed E-state index contributed by atoms with van der Waals surface area (Å²) < 4.78 is 5.43. The molecule has 0 spiro atoms. The van der Waals surface area contributed by atoms with Crippen LogP contribution in [0.2, 0.25) is 5.02 Å². The molecule has 25 heavy (non-hydrogen) atoms. The molecule has 0 aliphatic carbocycles. The monoisotopic (exact) mass is 358 g/mol. The predicted octanol–water partition coefficient (Wildman–Crippen LogP) is 3.80. The van der Waals surface area contributed by atoms with Gasteiger partial charge in [0.15, 0.2) is 0 Å². The fraction of sp³-hybridized carbons (Fsp3) is 0.350. The summed E-state index contributed by atoms with van der Waals surface area (Å²) in [4.78, 5) is 14.0. The maximum atomic E-state index is 12.0. The molecule has 2 aromatic rings. The van der Waals surface area contributed by atoms with E-state index < -0.39 is 0 Å². The number of methoxy groups -OCH3 is 1. The van der Waals surface area contributed by atoms with Crippen LogP contribution in [0, 0.1) is 0 Å². The molecule has 1 heterocycles. The highest BCUT2D eigenvalue weighted by Gasteiger charge is 2.24. The van der Waals surface area contributed by atoms with Crippen molar-refractivity contribution in [1.29, 1.82) is 0 Å². The van der Waals surface area contributed by atoms with Crippen LogP contribution < -0.4 is 10.1 Å². The van der Waals surface area contributed by atoms with Gasteiger partial charge in [-0.1, -0.05) is 41.9 Å². The van der Waals surface area contributed by atoms with Gasteiger partial charge in [-0.05, 0) is 30.2 Å². The molecule has 1 atom stereocenters. The van der Waals surface area contributed by atoms with E-state index in [-0.39, 0.29) is 11.9 Å². The van der Waals surface area contributed by atoms with Crippen molar-refractivity contribution in [2.75, 3.05) is 20.2 Å². The second-order valence-corrected chi connectivity index (χ2v) is 6.68. The van der Waals surface area contributed by atoms with Crippen molar-refractivity contribution in [2.45, 2.75) is 25.4 Å². The van der Waals surface area contributed by atoms with E-state index in [1.54, 1.807) is 7.11 Å². The highest BCUT2D eigenvalue weighted by molar-refractivity contribution is 6.30. The average molecular weight is 359 g/mol. The van der Waals surface area contributed by atoms with Gasteiger partial charge in [0, 0.05) is 36.6 Å². The van der Waals surface area contributed by atoms with Crippen molar-refractivity contribution in [2.24, 2.45) is 0 Å². The third-order valence-corrected chi connectivity index (χ3v) is 4.79. The van der Waals surface area contributed by atoms with Gasteiger partial charge in [-0.15, -0.1) is 0 Å². The van der Waals surface area contributed by atoms with Crippen molar-refractivity contribution in [3.8, 4) is 5.75 Å². The van der Waals surface area contributed by atoms with Crippen LogP contribution in [0.4, 0.5) is 0 Å². The van der Waals surface area contributed by atoms with Crippen LogP contribution in [0.3, 0.4) is 0 Å². The van der Waals surface area contributed by atoms with Crippen LogP contribution in [0.25, 0.3) is 0 Å². The molecule has 0 radical (unpaired) electrons. The molecule has 1 aliphatic heterocycles. The zero-order valence-electron chi connectivity index (χ0n) is 14.4. The number of nitrogens with one attached hydrogen (secondary N) is 1. The molecule has 4 nitrogen and oxygen atoms in total. The van der Waals surface area contributed by atoms with Crippen molar-refractivity contribution in [1.82, 2.24) is 10.2 Å². The fourth-order valence-corrected chi connectivity index (χ4v) is 3.40. The number of halogens is 1. The number of carbonyl (C=O) groups excluding carboxylic acids is 1. The zero-order valence-corrected chi connectivity index (χ0v) is 15.1. The van der Waals surface area contributed by atoms with Gasteiger partial charge in [-0.25, -0.2) is 0 Å². The molecule has 1 saturated heterocycles. The van der Waals surface area contributed by atoms with Crippen LogP contribution in [0.5, 0.6) is 5.75 Å². The molecule has 5 heteroatoms. The summed E-state index contributed by atoms with van der Waals surface area (Å²) in [7, 11) is 1.66. The Labute approximate surface area is 153 Å². The molecule has 1 fully saturated rings. The van der Waals surface area contributed by atoms with Crippen LogP contribution in [0.1, 0.15) is 30.0 Å². The number of benzene rings is 2. The van der Waals surface area contributed by atoms with Crippen LogP contribution in [-0.4, -0.2) is 31.0 Å². The highest BCUT2D eigenvalue weighted by Crippen LogP contribution is 2.24. The number of hydrogen-bond donors (Lipinski definition) is 1. The number of nitrogens with zero attached hydrogens (tertiary/aromatic N) is 1. The number of likely N-dealkylation sites (tertiary alicyclic amines) is 1. The van der Waals surface area contributed by atoms with E-state index >= 15 is 0 Å². The molecule has 132 valence electrons. The summed E-state index contributed by atoms with van der Waals surface area (Å²) in [5, 5.41) is 4.25. The Morgan fingerprint density at radius 1 is 1.24 bits per heavy atom. The summed E-state index contributed by atoms with van der Waals surface area (Å²) >= 11 is 6.13. The molecule has 0 unspecified atom stereocenters. The molecule has 3 rings (SSSR count). The molecule has 0 saturated carbocycles. The number of hydrogen-bond acceptors (Lipinski definition) is 3. The Morgan fingerprint density at radius 3 is 2.72 bits per heavy atom. The summed E-state index contributed by atoms with van der Waals surface area (Å²) in [6.45, 7) is 2.13. The molecule has 1 amide bonds. The van der Waals surface area contributed by atoms with Crippen molar-refractivity contribution in [3.05, 3.63) is 64.7 Å². The highest BCUT2D eigenvalue weighted by atomic mass is 35.5. The predicted molar refractivity (Wildman–Crippen MR) is 99.8 cm³/mol. The molecular weight excluding hydrogens is 336 g/mol. The third kappa shape index (κ3) is 4.53. The second-order valence-electron chi connectivity index (χ2n) is 6.24.